The molecule has 0 fully saturated rings. The van der Waals surface area contributed by atoms with Gasteiger partial charge in [-0.25, -0.2) is 4.79 Å². The van der Waals surface area contributed by atoms with Gasteiger partial charge in [-0.3, -0.25) is 0 Å². The fourth-order valence-electron chi connectivity index (χ4n) is 0.730. The molecule has 0 aliphatic rings. The Morgan fingerprint density at radius 3 is 2.13 bits per heavy atom. The molecular formula is C8H11N3O3S. The minimum absolute atomic E-state index is 0.000000000000000222. The summed E-state index contributed by atoms with van der Waals surface area (Å²) >= 11 is 4.09. The molecule has 0 spiro atoms. The van der Waals surface area contributed by atoms with Crippen molar-refractivity contribution in [1.29, 1.82) is 0 Å². The molecule has 0 saturated carbocycles. The summed E-state index contributed by atoms with van der Waals surface area (Å²) in [5, 5.41) is 17.5. The minimum Gasteiger partial charge on any atom is -0.507 e. The van der Waals surface area contributed by atoms with E-state index in [9.17, 15) is 4.79 Å². The van der Waals surface area contributed by atoms with Crippen molar-refractivity contribution in [3.8, 4) is 5.75 Å². The van der Waals surface area contributed by atoms with Crippen molar-refractivity contribution >= 4 is 29.0 Å². The van der Waals surface area contributed by atoms with Crippen LogP contribution in [0.1, 0.15) is 10.4 Å². The van der Waals surface area contributed by atoms with Gasteiger partial charge in [0, 0.05) is 11.8 Å². The van der Waals surface area contributed by atoms with Gasteiger partial charge >= 0.3 is 5.97 Å². The van der Waals surface area contributed by atoms with Crippen molar-refractivity contribution < 1.29 is 15.0 Å². The highest BCUT2D eigenvalue weighted by Gasteiger charge is 2.07. The number of hydrogen-bond donors (Lipinski definition) is 5. The molecule has 1 aromatic carbocycles. The molecule has 0 aromatic heterocycles. The Kier molecular flexibility index (Phi) is 4.89. The van der Waals surface area contributed by atoms with E-state index < -0.39 is 5.97 Å². The maximum absolute atomic E-state index is 10.3. The van der Waals surface area contributed by atoms with Gasteiger partial charge in [0.2, 0.25) is 0 Å². The first-order valence-corrected chi connectivity index (χ1v) is 4.12. The van der Waals surface area contributed by atoms with Gasteiger partial charge in [0.15, 0.2) is 5.11 Å². The van der Waals surface area contributed by atoms with Crippen LogP contribution >= 0.6 is 12.2 Å². The molecule has 1 rings (SSSR count). The number of nitrogen functional groups attached to an aromatic ring is 1. The summed E-state index contributed by atoms with van der Waals surface area (Å²) in [6.45, 7) is 0. The van der Waals surface area contributed by atoms with Crippen molar-refractivity contribution in [2.24, 2.45) is 11.5 Å². The lowest BCUT2D eigenvalue weighted by Crippen LogP contribution is -2.18. The highest BCUT2D eigenvalue weighted by atomic mass is 32.1. The maximum Gasteiger partial charge on any atom is 0.339 e. The van der Waals surface area contributed by atoms with Gasteiger partial charge < -0.3 is 27.4 Å². The van der Waals surface area contributed by atoms with Crippen LogP contribution in [-0.4, -0.2) is 21.3 Å². The number of anilines is 1. The number of benzene rings is 1. The second kappa shape index (κ2) is 5.66. The molecule has 0 radical (unpaired) electrons. The number of phenols is 1. The van der Waals surface area contributed by atoms with Crippen LogP contribution in [0.2, 0.25) is 0 Å². The monoisotopic (exact) mass is 229 g/mol. The van der Waals surface area contributed by atoms with E-state index in [4.69, 9.17) is 15.9 Å². The number of nitrogens with two attached hydrogens (primary N) is 3. The predicted octanol–water partition coefficient (Wildman–Crippen LogP) is -0.139. The molecule has 0 amide bonds. The fraction of sp³-hybridized carbons (Fsp3) is 0. The lowest BCUT2D eigenvalue weighted by molar-refractivity contribution is 0.0694. The summed E-state index contributed by atoms with van der Waals surface area (Å²) in [6.07, 6.45) is 0. The first kappa shape index (κ1) is 13.0. The van der Waals surface area contributed by atoms with Gasteiger partial charge in [-0.2, -0.15) is 0 Å². The molecule has 0 unspecified atom stereocenters. The number of aromatic carboxylic acids is 1. The Bertz CT molecular complexity index is 377. The van der Waals surface area contributed by atoms with Gasteiger partial charge in [0.1, 0.15) is 11.3 Å². The van der Waals surface area contributed by atoms with Crippen LogP contribution in [0, 0.1) is 0 Å². The van der Waals surface area contributed by atoms with Crippen LogP contribution in [0.25, 0.3) is 0 Å². The van der Waals surface area contributed by atoms with Crippen LogP contribution in [-0.2, 0) is 0 Å². The van der Waals surface area contributed by atoms with Crippen LogP contribution in [0.4, 0.5) is 5.69 Å². The SMILES string of the molecule is NC(N)=S.Nc1ccc(C(=O)O)c(O)c1. The molecular weight excluding hydrogens is 218 g/mol. The Balaban J connectivity index is 0.000000423. The largest absolute Gasteiger partial charge is 0.507 e. The van der Waals surface area contributed by atoms with E-state index in [-0.39, 0.29) is 16.4 Å². The Morgan fingerprint density at radius 2 is 1.80 bits per heavy atom. The molecule has 1 aromatic rings. The van der Waals surface area contributed by atoms with E-state index in [1.165, 1.54) is 18.2 Å². The van der Waals surface area contributed by atoms with E-state index in [0.29, 0.717) is 5.69 Å². The van der Waals surface area contributed by atoms with E-state index >= 15 is 0 Å². The fourth-order valence-corrected chi connectivity index (χ4v) is 0.730. The number of carbonyl (C=O) groups is 1. The maximum atomic E-state index is 10.3. The van der Waals surface area contributed by atoms with Crippen molar-refractivity contribution in [3.05, 3.63) is 23.8 Å². The third-order valence-corrected chi connectivity index (χ3v) is 1.25. The third-order valence-electron chi connectivity index (χ3n) is 1.25. The predicted molar refractivity (Wildman–Crippen MR) is 60.5 cm³/mol. The van der Waals surface area contributed by atoms with Crippen molar-refractivity contribution in [2.75, 3.05) is 5.73 Å². The standard InChI is InChI=1S/C7H7NO3.CH4N2S/c8-4-1-2-5(7(10)11)6(9)3-4;2-1(3)4/h1-3,9H,8H2,(H,10,11);(H4,2,3,4). The third kappa shape index (κ3) is 5.32. The zero-order valence-corrected chi connectivity index (χ0v) is 8.49. The Morgan fingerprint density at radius 1 is 1.33 bits per heavy atom. The Hall–Kier alpha value is -2.02. The molecule has 8 N–H and O–H groups in total. The number of aromatic hydroxyl groups is 1. The highest BCUT2D eigenvalue weighted by molar-refractivity contribution is 7.80. The summed E-state index contributed by atoms with van der Waals surface area (Å²) < 4.78 is 0. The van der Waals surface area contributed by atoms with E-state index in [1.807, 2.05) is 0 Å². The smallest absolute Gasteiger partial charge is 0.339 e. The minimum atomic E-state index is -1.16. The molecule has 7 heteroatoms. The first-order chi connectivity index (χ1) is 6.84. The van der Waals surface area contributed by atoms with Gasteiger partial charge in [-0.1, -0.05) is 0 Å². The second-order valence-corrected chi connectivity index (χ2v) is 2.96. The normalized spacial score (nSPS) is 8.53. The summed E-state index contributed by atoms with van der Waals surface area (Å²) in [5.74, 6) is -1.47. The lowest BCUT2D eigenvalue weighted by Gasteiger charge is -1.98. The molecule has 0 saturated heterocycles. The summed E-state index contributed by atoms with van der Waals surface area (Å²) in [6, 6.07) is 3.87. The zero-order chi connectivity index (χ0) is 12.0. The molecule has 0 bridgehead atoms. The second-order valence-electron chi connectivity index (χ2n) is 2.48. The number of carboxylic acids is 1. The van der Waals surface area contributed by atoms with Crippen LogP contribution in [0.5, 0.6) is 5.75 Å². The number of thiocarbonyl (C=S) groups is 1. The average molecular weight is 229 g/mol. The summed E-state index contributed by atoms with van der Waals surface area (Å²) in [7, 11) is 0. The first-order valence-electron chi connectivity index (χ1n) is 3.71. The zero-order valence-electron chi connectivity index (χ0n) is 7.68. The summed E-state index contributed by atoms with van der Waals surface area (Å²) in [5.41, 5.74) is 14.7. The quantitative estimate of drug-likeness (QED) is 0.334. The number of hydrogen-bond acceptors (Lipinski definition) is 4. The van der Waals surface area contributed by atoms with Crippen LogP contribution < -0.4 is 17.2 Å². The molecule has 82 valence electrons. The average Bonchev–Trinajstić information content (AvgIpc) is 2.01. The van der Waals surface area contributed by atoms with Crippen molar-refractivity contribution in [1.82, 2.24) is 0 Å². The Labute approximate surface area is 91.3 Å². The van der Waals surface area contributed by atoms with Crippen LogP contribution in [0.3, 0.4) is 0 Å². The topological polar surface area (TPSA) is 136 Å². The highest BCUT2D eigenvalue weighted by Crippen LogP contribution is 2.19. The molecule has 0 heterocycles. The van der Waals surface area contributed by atoms with Crippen molar-refractivity contribution in [3.63, 3.8) is 0 Å². The number of carboxylic acid groups (broad SMARTS) is 1. The number of rotatable bonds is 1. The molecule has 0 atom stereocenters. The molecule has 6 nitrogen and oxygen atoms in total. The molecule has 15 heavy (non-hydrogen) atoms. The summed E-state index contributed by atoms with van der Waals surface area (Å²) in [4.78, 5) is 10.3. The van der Waals surface area contributed by atoms with Gasteiger partial charge in [-0.05, 0) is 24.4 Å². The van der Waals surface area contributed by atoms with E-state index in [2.05, 4.69) is 23.7 Å². The lowest BCUT2D eigenvalue weighted by atomic mass is 10.2. The van der Waals surface area contributed by atoms with Gasteiger partial charge in [-0.15, -0.1) is 0 Å². The van der Waals surface area contributed by atoms with Crippen LogP contribution in [0.15, 0.2) is 18.2 Å². The van der Waals surface area contributed by atoms with E-state index in [0.717, 1.165) is 0 Å². The van der Waals surface area contributed by atoms with Gasteiger partial charge in [0.05, 0.1) is 0 Å². The van der Waals surface area contributed by atoms with E-state index in [1.54, 1.807) is 0 Å². The van der Waals surface area contributed by atoms with Crippen molar-refractivity contribution in [2.45, 2.75) is 0 Å². The molecule has 0 aliphatic carbocycles. The van der Waals surface area contributed by atoms with Gasteiger partial charge in [0.25, 0.3) is 0 Å². The molecule has 0 aliphatic heterocycles.